The average Bonchev–Trinajstić information content (AvgIpc) is 2.48. The molecule has 1 heterocycles. The Hall–Kier alpha value is -1.92. The largest absolute Gasteiger partial charge is 0.480 e. The maximum atomic E-state index is 12.0. The van der Waals surface area contributed by atoms with Crippen molar-refractivity contribution in [1.29, 1.82) is 0 Å². The summed E-state index contributed by atoms with van der Waals surface area (Å²) in [5.74, 6) is -1.21. The van der Waals surface area contributed by atoms with Gasteiger partial charge in [-0.15, -0.1) is 0 Å². The number of ether oxygens (including phenoxy) is 1. The molecule has 1 atom stereocenters. The Morgan fingerprint density at radius 3 is 2.77 bits per heavy atom. The molecular formula is C16H22N2O4. The summed E-state index contributed by atoms with van der Waals surface area (Å²) >= 11 is 0. The van der Waals surface area contributed by atoms with E-state index in [2.05, 4.69) is 17.0 Å². The summed E-state index contributed by atoms with van der Waals surface area (Å²) in [7, 11) is 1.50. The van der Waals surface area contributed by atoms with Crippen molar-refractivity contribution in [2.24, 2.45) is 0 Å². The van der Waals surface area contributed by atoms with Gasteiger partial charge in [0, 0.05) is 26.7 Å². The van der Waals surface area contributed by atoms with Crippen molar-refractivity contribution in [1.82, 2.24) is 9.80 Å². The number of hydrogen-bond acceptors (Lipinski definition) is 4. The lowest BCUT2D eigenvalue weighted by Crippen LogP contribution is -2.44. The fourth-order valence-corrected chi connectivity index (χ4v) is 2.53. The van der Waals surface area contributed by atoms with Gasteiger partial charge in [-0.2, -0.15) is 0 Å². The number of morpholine rings is 1. The topological polar surface area (TPSA) is 70.1 Å². The molecule has 0 aliphatic carbocycles. The molecule has 0 aromatic heterocycles. The number of carbonyl (C=O) groups excluding carboxylic acids is 1. The Morgan fingerprint density at radius 2 is 2.09 bits per heavy atom. The van der Waals surface area contributed by atoms with Gasteiger partial charge >= 0.3 is 5.97 Å². The highest BCUT2D eigenvalue weighted by Gasteiger charge is 2.24. The van der Waals surface area contributed by atoms with E-state index in [1.807, 2.05) is 18.2 Å². The predicted octanol–water partition coefficient (Wildman–Crippen LogP) is 0.821. The summed E-state index contributed by atoms with van der Waals surface area (Å²) in [6.07, 6.45) is 0.0379. The molecule has 0 radical (unpaired) electrons. The maximum absolute atomic E-state index is 12.0. The van der Waals surface area contributed by atoms with Gasteiger partial charge in [-0.25, -0.2) is 0 Å². The molecule has 22 heavy (non-hydrogen) atoms. The van der Waals surface area contributed by atoms with E-state index in [0.717, 1.165) is 13.1 Å². The third-order valence-corrected chi connectivity index (χ3v) is 3.67. The lowest BCUT2D eigenvalue weighted by Gasteiger charge is -2.33. The minimum atomic E-state index is -1.01. The van der Waals surface area contributed by atoms with Crippen molar-refractivity contribution in [2.45, 2.75) is 19.1 Å². The van der Waals surface area contributed by atoms with Crippen molar-refractivity contribution >= 4 is 11.9 Å². The summed E-state index contributed by atoms with van der Waals surface area (Å²) in [5.41, 5.74) is 1.23. The second-order valence-corrected chi connectivity index (χ2v) is 5.56. The average molecular weight is 306 g/mol. The molecule has 1 aromatic rings. The van der Waals surface area contributed by atoms with Gasteiger partial charge < -0.3 is 14.7 Å². The Balaban J connectivity index is 1.83. The Kier molecular flexibility index (Phi) is 5.91. The van der Waals surface area contributed by atoms with Crippen LogP contribution in [0, 0.1) is 0 Å². The lowest BCUT2D eigenvalue weighted by molar-refractivity contribution is -0.145. The van der Waals surface area contributed by atoms with Crippen molar-refractivity contribution < 1.29 is 19.4 Å². The fourth-order valence-electron chi connectivity index (χ4n) is 2.53. The number of aliphatic carboxylic acids is 1. The molecule has 1 fully saturated rings. The summed E-state index contributed by atoms with van der Waals surface area (Å²) < 4.78 is 5.64. The molecule has 0 unspecified atom stereocenters. The number of hydrogen-bond donors (Lipinski definition) is 1. The van der Waals surface area contributed by atoms with Crippen molar-refractivity contribution in [3.05, 3.63) is 35.9 Å². The molecule has 1 aliphatic heterocycles. The van der Waals surface area contributed by atoms with E-state index < -0.39 is 5.97 Å². The Morgan fingerprint density at radius 1 is 1.36 bits per heavy atom. The maximum Gasteiger partial charge on any atom is 0.323 e. The van der Waals surface area contributed by atoms with Crippen LogP contribution in [-0.4, -0.2) is 66.2 Å². The smallest absolute Gasteiger partial charge is 0.323 e. The molecule has 1 N–H and O–H groups in total. The normalized spacial score (nSPS) is 18.9. The second kappa shape index (κ2) is 7.91. The van der Waals surface area contributed by atoms with Crippen LogP contribution in [0.2, 0.25) is 0 Å². The van der Waals surface area contributed by atoms with Crippen molar-refractivity contribution in [3.8, 4) is 0 Å². The molecule has 6 nitrogen and oxygen atoms in total. The van der Waals surface area contributed by atoms with Gasteiger partial charge in [-0.1, -0.05) is 30.3 Å². The third-order valence-electron chi connectivity index (χ3n) is 3.67. The zero-order valence-electron chi connectivity index (χ0n) is 12.8. The first-order valence-electron chi connectivity index (χ1n) is 7.38. The highest BCUT2D eigenvalue weighted by atomic mass is 16.5. The minimum Gasteiger partial charge on any atom is -0.480 e. The third kappa shape index (κ3) is 5.13. The van der Waals surface area contributed by atoms with Crippen LogP contribution in [0.4, 0.5) is 0 Å². The molecule has 120 valence electrons. The first-order valence-corrected chi connectivity index (χ1v) is 7.38. The summed E-state index contributed by atoms with van der Waals surface area (Å²) in [4.78, 5) is 26.1. The highest BCUT2D eigenvalue weighted by Crippen LogP contribution is 2.13. The molecular weight excluding hydrogens is 284 g/mol. The van der Waals surface area contributed by atoms with Gasteiger partial charge in [-0.3, -0.25) is 14.5 Å². The molecule has 0 spiro atoms. The highest BCUT2D eigenvalue weighted by molar-refractivity contribution is 5.81. The zero-order valence-corrected chi connectivity index (χ0v) is 12.8. The fraction of sp³-hybridized carbons (Fsp3) is 0.500. The SMILES string of the molecule is CN(CC(=O)O)C(=O)C[C@@H]1CN(Cc2ccccc2)CCO1. The zero-order chi connectivity index (χ0) is 15.9. The summed E-state index contributed by atoms with van der Waals surface area (Å²) in [6.45, 7) is 2.67. The number of nitrogens with zero attached hydrogens (tertiary/aromatic N) is 2. The van der Waals surface area contributed by atoms with Gasteiger partial charge in [0.1, 0.15) is 6.54 Å². The summed E-state index contributed by atoms with van der Waals surface area (Å²) in [5, 5.41) is 8.71. The molecule has 1 aromatic carbocycles. The summed E-state index contributed by atoms with van der Waals surface area (Å²) in [6, 6.07) is 10.2. The first-order chi connectivity index (χ1) is 10.5. The van der Waals surface area contributed by atoms with E-state index in [-0.39, 0.29) is 25.0 Å². The number of benzene rings is 1. The molecule has 6 heteroatoms. The Labute approximate surface area is 130 Å². The van der Waals surface area contributed by atoms with Crippen LogP contribution in [0.5, 0.6) is 0 Å². The number of amides is 1. The van der Waals surface area contributed by atoms with Crippen LogP contribution in [0.15, 0.2) is 30.3 Å². The van der Waals surface area contributed by atoms with E-state index in [1.165, 1.54) is 17.5 Å². The van der Waals surface area contributed by atoms with Gasteiger partial charge in [0.25, 0.3) is 0 Å². The van der Waals surface area contributed by atoms with Crippen LogP contribution in [0.3, 0.4) is 0 Å². The van der Waals surface area contributed by atoms with Crippen LogP contribution >= 0.6 is 0 Å². The molecule has 0 bridgehead atoms. The van der Waals surface area contributed by atoms with Gasteiger partial charge in [-0.05, 0) is 5.56 Å². The van der Waals surface area contributed by atoms with E-state index in [9.17, 15) is 9.59 Å². The van der Waals surface area contributed by atoms with Gasteiger partial charge in [0.15, 0.2) is 0 Å². The molecule has 1 amide bonds. The Bertz CT molecular complexity index is 506. The molecule has 1 saturated heterocycles. The number of rotatable bonds is 6. The van der Waals surface area contributed by atoms with Crippen LogP contribution in [-0.2, 0) is 20.9 Å². The molecule has 1 aliphatic rings. The lowest BCUT2D eigenvalue weighted by atomic mass is 10.1. The van der Waals surface area contributed by atoms with Gasteiger partial charge in [0.2, 0.25) is 5.91 Å². The van der Waals surface area contributed by atoms with Crippen molar-refractivity contribution in [2.75, 3.05) is 33.3 Å². The minimum absolute atomic E-state index is 0.179. The number of carboxylic acid groups (broad SMARTS) is 1. The number of carbonyl (C=O) groups is 2. The van der Waals surface area contributed by atoms with E-state index >= 15 is 0 Å². The van der Waals surface area contributed by atoms with E-state index in [1.54, 1.807) is 0 Å². The predicted molar refractivity (Wildman–Crippen MR) is 81.3 cm³/mol. The van der Waals surface area contributed by atoms with Crippen LogP contribution in [0.1, 0.15) is 12.0 Å². The van der Waals surface area contributed by atoms with Crippen molar-refractivity contribution in [3.63, 3.8) is 0 Å². The molecule has 2 rings (SSSR count). The van der Waals surface area contributed by atoms with Crippen LogP contribution < -0.4 is 0 Å². The van der Waals surface area contributed by atoms with Gasteiger partial charge in [0.05, 0.1) is 19.1 Å². The van der Waals surface area contributed by atoms with E-state index in [4.69, 9.17) is 9.84 Å². The second-order valence-electron chi connectivity index (χ2n) is 5.56. The number of carboxylic acids is 1. The van der Waals surface area contributed by atoms with E-state index in [0.29, 0.717) is 13.2 Å². The van der Waals surface area contributed by atoms with Crippen LogP contribution in [0.25, 0.3) is 0 Å². The monoisotopic (exact) mass is 306 g/mol. The molecule has 0 saturated carbocycles. The quantitative estimate of drug-likeness (QED) is 0.842. The standard InChI is InChI=1S/C16H22N2O4/c1-17(12-16(20)21)15(19)9-14-11-18(7-8-22-14)10-13-5-3-2-4-6-13/h2-6,14H,7-12H2,1H3,(H,20,21)/t14-/m1/s1. The first kappa shape index (κ1) is 16.5. The number of likely N-dealkylation sites (N-methyl/N-ethyl adjacent to an activating group) is 1.